The number of amides is 2. The molecule has 2 N–H and O–H groups in total. The van der Waals surface area contributed by atoms with Crippen molar-refractivity contribution < 1.29 is 18.0 Å². The minimum absolute atomic E-state index is 0.0639. The normalized spacial score (nSPS) is 15.2. The molecule has 0 fully saturated rings. The summed E-state index contributed by atoms with van der Waals surface area (Å²) in [7, 11) is -2.50. The lowest BCUT2D eigenvalue weighted by molar-refractivity contribution is -0.120. The average molecular weight is 434 g/mol. The monoisotopic (exact) mass is 433 g/mol. The largest absolute Gasteiger partial charge is 0.358 e. The highest BCUT2D eigenvalue weighted by Crippen LogP contribution is 2.31. The second-order valence-electron chi connectivity index (χ2n) is 7.22. The zero-order chi connectivity index (χ0) is 21.9. The second-order valence-corrected chi connectivity index (χ2v) is 9.12. The van der Waals surface area contributed by atoms with Gasteiger partial charge in [0.15, 0.2) is 5.69 Å². The highest BCUT2D eigenvalue weighted by molar-refractivity contribution is 7.89. The van der Waals surface area contributed by atoms with Crippen LogP contribution >= 0.6 is 0 Å². The number of aromatic nitrogens is 2. The molecule has 0 spiro atoms. The molecule has 2 aromatic rings. The molecule has 1 aromatic carbocycles. The van der Waals surface area contributed by atoms with Gasteiger partial charge in [-0.15, -0.1) is 0 Å². The molecule has 162 valence electrons. The van der Waals surface area contributed by atoms with Crippen molar-refractivity contribution >= 4 is 21.8 Å². The lowest BCUT2D eigenvalue weighted by atomic mass is 10.0. The Bertz CT molecular complexity index is 1040. The van der Waals surface area contributed by atoms with Crippen LogP contribution in [0.4, 0.5) is 0 Å². The summed E-state index contributed by atoms with van der Waals surface area (Å²) in [5.41, 5.74) is 0.989. The first-order chi connectivity index (χ1) is 14.3. The van der Waals surface area contributed by atoms with Gasteiger partial charge in [-0.3, -0.25) is 14.2 Å². The van der Waals surface area contributed by atoms with Crippen LogP contribution in [0.2, 0.25) is 0 Å². The number of benzene rings is 1. The maximum absolute atomic E-state index is 13.2. The van der Waals surface area contributed by atoms with Gasteiger partial charge in [0, 0.05) is 13.6 Å². The molecule has 1 aliphatic rings. The van der Waals surface area contributed by atoms with E-state index in [9.17, 15) is 18.0 Å². The van der Waals surface area contributed by atoms with Gasteiger partial charge in [0.05, 0.1) is 24.5 Å². The number of fused-ring (bicyclic) bond motifs is 3. The summed E-state index contributed by atoms with van der Waals surface area (Å²) in [5.74, 6) is -0.433. The standard InChI is InChI=1S/C20H27N5O4S/c1-4-14(5-2)10-22-20(27)19-16-11-24(12-18(26)21-3)30(28,29)17-9-7-6-8-15(17)25(16)13-23-19/h6-9,13-14H,4-5,10-12H2,1-3H3,(H,21,26)(H,22,27). The van der Waals surface area contributed by atoms with Gasteiger partial charge in [0.1, 0.15) is 11.2 Å². The molecule has 0 radical (unpaired) electrons. The molecule has 9 nitrogen and oxygen atoms in total. The van der Waals surface area contributed by atoms with Gasteiger partial charge < -0.3 is 10.6 Å². The van der Waals surface area contributed by atoms with Gasteiger partial charge in [-0.25, -0.2) is 13.4 Å². The highest BCUT2D eigenvalue weighted by atomic mass is 32.2. The molecule has 0 atom stereocenters. The fourth-order valence-corrected chi connectivity index (χ4v) is 5.00. The molecule has 0 unspecified atom stereocenters. The zero-order valence-electron chi connectivity index (χ0n) is 17.4. The average Bonchev–Trinajstić information content (AvgIpc) is 3.13. The number of imidazole rings is 1. The fraction of sp³-hybridized carbons (Fsp3) is 0.450. The first-order valence-electron chi connectivity index (χ1n) is 9.97. The molecule has 0 bridgehead atoms. The van der Waals surface area contributed by atoms with Gasteiger partial charge in [0.25, 0.3) is 5.91 Å². The van der Waals surface area contributed by atoms with Crippen molar-refractivity contribution in [3.8, 4) is 5.69 Å². The minimum Gasteiger partial charge on any atom is -0.358 e. The molecule has 2 amide bonds. The van der Waals surface area contributed by atoms with Crippen LogP contribution in [0.15, 0.2) is 35.5 Å². The van der Waals surface area contributed by atoms with E-state index in [1.54, 1.807) is 22.8 Å². The van der Waals surface area contributed by atoms with Crippen LogP contribution in [-0.4, -0.2) is 54.2 Å². The molecule has 0 saturated carbocycles. The molecular weight excluding hydrogens is 406 g/mol. The lowest BCUT2D eigenvalue weighted by Crippen LogP contribution is -2.39. The van der Waals surface area contributed by atoms with E-state index in [1.165, 1.54) is 19.4 Å². The van der Waals surface area contributed by atoms with E-state index in [4.69, 9.17) is 0 Å². The summed E-state index contributed by atoms with van der Waals surface area (Å²) >= 11 is 0. The van der Waals surface area contributed by atoms with Crippen molar-refractivity contribution in [1.82, 2.24) is 24.5 Å². The van der Waals surface area contributed by atoms with E-state index in [-0.39, 0.29) is 29.6 Å². The summed E-state index contributed by atoms with van der Waals surface area (Å²) in [6.45, 7) is 4.17. The van der Waals surface area contributed by atoms with Gasteiger partial charge >= 0.3 is 0 Å². The number of sulfonamides is 1. The Kier molecular flexibility index (Phi) is 6.57. The van der Waals surface area contributed by atoms with Crippen molar-refractivity contribution in [2.75, 3.05) is 20.1 Å². The zero-order valence-corrected chi connectivity index (χ0v) is 18.2. The molecule has 1 aromatic heterocycles. The maximum atomic E-state index is 13.2. The van der Waals surface area contributed by atoms with E-state index >= 15 is 0 Å². The summed E-state index contributed by atoms with van der Waals surface area (Å²) in [6.07, 6.45) is 3.35. The van der Waals surface area contributed by atoms with Gasteiger partial charge in [-0.05, 0) is 18.1 Å². The van der Waals surface area contributed by atoms with Crippen molar-refractivity contribution in [3.05, 3.63) is 42.0 Å². The van der Waals surface area contributed by atoms with Crippen molar-refractivity contribution in [2.24, 2.45) is 5.92 Å². The Balaban J connectivity index is 2.04. The molecule has 10 heteroatoms. The minimum atomic E-state index is -3.95. The third-order valence-electron chi connectivity index (χ3n) is 5.46. The Morgan fingerprint density at radius 1 is 1.20 bits per heavy atom. The number of carbonyl (C=O) groups excluding carboxylic acids is 2. The summed E-state index contributed by atoms with van der Waals surface area (Å²) < 4.78 is 29.1. The predicted molar refractivity (Wildman–Crippen MR) is 112 cm³/mol. The van der Waals surface area contributed by atoms with Crippen LogP contribution < -0.4 is 10.6 Å². The third kappa shape index (κ3) is 4.10. The molecule has 0 saturated heterocycles. The van der Waals surface area contributed by atoms with E-state index < -0.39 is 15.9 Å². The van der Waals surface area contributed by atoms with Crippen LogP contribution in [0.5, 0.6) is 0 Å². The number of hydrogen-bond acceptors (Lipinski definition) is 5. The quantitative estimate of drug-likeness (QED) is 0.683. The summed E-state index contributed by atoms with van der Waals surface area (Å²) in [6, 6.07) is 6.50. The van der Waals surface area contributed by atoms with Crippen LogP contribution in [0, 0.1) is 5.92 Å². The SMILES string of the molecule is CCC(CC)CNC(=O)c1ncn2c1CN(CC(=O)NC)S(=O)(=O)c1ccccc1-2. The number of rotatable bonds is 7. The number of likely N-dealkylation sites (N-methyl/N-ethyl adjacent to an activating group) is 1. The summed E-state index contributed by atoms with van der Waals surface area (Å²) in [5, 5.41) is 5.36. The van der Waals surface area contributed by atoms with Crippen molar-refractivity contribution in [1.29, 1.82) is 0 Å². The Morgan fingerprint density at radius 2 is 1.90 bits per heavy atom. The van der Waals surface area contributed by atoms with Crippen molar-refractivity contribution in [2.45, 2.75) is 38.1 Å². The van der Waals surface area contributed by atoms with Crippen molar-refractivity contribution in [3.63, 3.8) is 0 Å². The third-order valence-corrected chi connectivity index (χ3v) is 7.29. The van der Waals surface area contributed by atoms with Crippen LogP contribution in [-0.2, 0) is 21.4 Å². The Hall–Kier alpha value is -2.72. The van der Waals surface area contributed by atoms with E-state index in [0.29, 0.717) is 23.8 Å². The topological polar surface area (TPSA) is 113 Å². The molecule has 3 rings (SSSR count). The fourth-order valence-electron chi connectivity index (χ4n) is 3.47. The molecular formula is C20H27N5O4S. The van der Waals surface area contributed by atoms with E-state index in [2.05, 4.69) is 29.5 Å². The first-order valence-corrected chi connectivity index (χ1v) is 11.4. The predicted octanol–water partition coefficient (Wildman–Crippen LogP) is 1.29. The molecule has 2 heterocycles. The number of carbonyl (C=O) groups is 2. The molecule has 30 heavy (non-hydrogen) atoms. The van der Waals surface area contributed by atoms with E-state index in [0.717, 1.165) is 17.1 Å². The number of hydrogen-bond donors (Lipinski definition) is 2. The molecule has 1 aliphatic heterocycles. The van der Waals surface area contributed by atoms with Crippen LogP contribution in [0.25, 0.3) is 5.69 Å². The second kappa shape index (κ2) is 8.97. The smallest absolute Gasteiger partial charge is 0.271 e. The Morgan fingerprint density at radius 3 is 2.57 bits per heavy atom. The van der Waals surface area contributed by atoms with E-state index in [1.807, 2.05) is 0 Å². The Labute approximate surface area is 176 Å². The number of nitrogens with one attached hydrogen (secondary N) is 2. The summed E-state index contributed by atoms with van der Waals surface area (Å²) in [4.78, 5) is 29.2. The highest BCUT2D eigenvalue weighted by Gasteiger charge is 2.35. The molecule has 0 aliphatic carbocycles. The first kappa shape index (κ1) is 22.0. The maximum Gasteiger partial charge on any atom is 0.271 e. The van der Waals surface area contributed by atoms with Gasteiger partial charge in [0.2, 0.25) is 15.9 Å². The van der Waals surface area contributed by atoms with Gasteiger partial charge in [-0.1, -0.05) is 38.8 Å². The number of para-hydroxylation sites is 1. The van der Waals surface area contributed by atoms with Crippen LogP contribution in [0.3, 0.4) is 0 Å². The lowest BCUT2D eigenvalue weighted by Gasteiger charge is -2.19. The van der Waals surface area contributed by atoms with Crippen LogP contribution in [0.1, 0.15) is 42.9 Å². The number of nitrogens with zero attached hydrogens (tertiary/aromatic N) is 3. The van der Waals surface area contributed by atoms with Gasteiger partial charge in [-0.2, -0.15) is 4.31 Å².